The number of anilines is 2. The van der Waals surface area contributed by atoms with Crippen molar-refractivity contribution >= 4 is 33.3 Å². The second kappa shape index (κ2) is 5.18. The first-order chi connectivity index (χ1) is 9.60. The van der Waals surface area contributed by atoms with E-state index in [9.17, 15) is 0 Å². The highest BCUT2D eigenvalue weighted by molar-refractivity contribution is 7.16. The normalized spacial score (nSPS) is 24.3. The summed E-state index contributed by atoms with van der Waals surface area (Å²) in [4.78, 5) is 15.1. The summed E-state index contributed by atoms with van der Waals surface area (Å²) in [6, 6.07) is 3.18. The molecule has 2 aromatic heterocycles. The molecule has 1 saturated heterocycles. The highest BCUT2D eigenvalue weighted by Crippen LogP contribution is 2.31. The van der Waals surface area contributed by atoms with Crippen LogP contribution in [0.1, 0.15) is 13.8 Å². The average Bonchev–Trinajstić information content (AvgIpc) is 2.91. The van der Waals surface area contributed by atoms with Gasteiger partial charge in [-0.2, -0.15) is 4.98 Å². The molecule has 1 aliphatic rings. The Bertz CT molecular complexity index is 599. The molecule has 0 aromatic carbocycles. The first-order valence-corrected chi connectivity index (χ1v) is 7.88. The molecule has 0 bridgehead atoms. The van der Waals surface area contributed by atoms with Crippen molar-refractivity contribution in [2.24, 2.45) is 0 Å². The lowest BCUT2D eigenvalue weighted by Crippen LogP contribution is -2.55. The Morgan fingerprint density at radius 2 is 1.95 bits per heavy atom. The molecule has 0 radical (unpaired) electrons. The summed E-state index contributed by atoms with van der Waals surface area (Å²) in [6.45, 7) is 6.55. The zero-order valence-electron chi connectivity index (χ0n) is 12.4. The van der Waals surface area contributed by atoms with Crippen molar-refractivity contribution in [3.05, 3.63) is 11.4 Å². The van der Waals surface area contributed by atoms with Crippen LogP contribution in [-0.2, 0) is 0 Å². The van der Waals surface area contributed by atoms with Crippen molar-refractivity contribution < 1.29 is 0 Å². The largest absolute Gasteiger partial charge is 0.357 e. The smallest absolute Gasteiger partial charge is 0.225 e. The molecule has 20 heavy (non-hydrogen) atoms. The van der Waals surface area contributed by atoms with Crippen LogP contribution in [0.5, 0.6) is 0 Å². The van der Waals surface area contributed by atoms with Crippen LogP contribution >= 0.6 is 11.3 Å². The minimum Gasteiger partial charge on any atom is -0.357 e. The number of rotatable bonds is 2. The lowest BCUT2D eigenvalue weighted by atomic mass is 10.1. The van der Waals surface area contributed by atoms with Crippen molar-refractivity contribution in [3.8, 4) is 0 Å². The molecule has 2 aromatic rings. The van der Waals surface area contributed by atoms with Gasteiger partial charge in [0.25, 0.3) is 0 Å². The topological polar surface area (TPSA) is 44.3 Å². The van der Waals surface area contributed by atoms with E-state index in [1.807, 2.05) is 7.05 Å². The quantitative estimate of drug-likeness (QED) is 0.919. The van der Waals surface area contributed by atoms with Crippen LogP contribution in [0.4, 0.5) is 11.8 Å². The van der Waals surface area contributed by atoms with Crippen LogP contribution in [0.15, 0.2) is 11.4 Å². The first-order valence-electron chi connectivity index (χ1n) is 7.00. The van der Waals surface area contributed by atoms with Gasteiger partial charge in [-0.1, -0.05) is 0 Å². The Balaban J connectivity index is 2.02. The van der Waals surface area contributed by atoms with Crippen molar-refractivity contribution in [2.45, 2.75) is 25.9 Å². The number of likely N-dealkylation sites (N-methyl/N-ethyl adjacent to an activating group) is 1. The number of aromatic nitrogens is 2. The Kier molecular flexibility index (Phi) is 3.52. The monoisotopic (exact) mass is 291 g/mol. The standard InChI is InChI=1S/C14H21N5S/c1-9-7-19(8-10(2)18(9)4)12-11-5-6-20-13(11)17-14(15-3)16-12/h5-6,9-10H,7-8H2,1-4H3,(H,15,16,17). The van der Waals surface area contributed by atoms with Crippen LogP contribution in [-0.4, -0.2) is 54.1 Å². The van der Waals surface area contributed by atoms with Gasteiger partial charge in [0.1, 0.15) is 10.6 Å². The molecule has 1 N–H and O–H groups in total. The van der Waals surface area contributed by atoms with Gasteiger partial charge >= 0.3 is 0 Å². The van der Waals surface area contributed by atoms with E-state index in [1.54, 1.807) is 11.3 Å². The molecule has 3 heterocycles. The predicted octanol–water partition coefficient (Wildman–Crippen LogP) is 2.26. The maximum atomic E-state index is 4.70. The van der Waals surface area contributed by atoms with Crippen LogP contribution in [0.2, 0.25) is 0 Å². The van der Waals surface area contributed by atoms with Crippen molar-refractivity contribution in [2.75, 3.05) is 37.4 Å². The highest BCUT2D eigenvalue weighted by Gasteiger charge is 2.28. The van der Waals surface area contributed by atoms with E-state index in [2.05, 4.69) is 52.4 Å². The van der Waals surface area contributed by atoms with E-state index in [4.69, 9.17) is 4.98 Å². The number of nitrogens with one attached hydrogen (secondary N) is 1. The van der Waals surface area contributed by atoms with Crippen molar-refractivity contribution in [1.82, 2.24) is 14.9 Å². The molecule has 0 aliphatic carbocycles. The highest BCUT2D eigenvalue weighted by atomic mass is 32.1. The predicted molar refractivity (Wildman–Crippen MR) is 85.9 cm³/mol. The van der Waals surface area contributed by atoms with Crippen LogP contribution in [0.3, 0.4) is 0 Å². The van der Waals surface area contributed by atoms with E-state index in [1.165, 1.54) is 0 Å². The minimum absolute atomic E-state index is 0.528. The van der Waals surface area contributed by atoms with E-state index in [0.717, 1.165) is 29.1 Å². The number of hydrogen-bond donors (Lipinski definition) is 1. The van der Waals surface area contributed by atoms with Gasteiger partial charge in [-0.25, -0.2) is 4.98 Å². The number of hydrogen-bond acceptors (Lipinski definition) is 6. The van der Waals surface area contributed by atoms with Gasteiger partial charge in [0.05, 0.1) is 5.39 Å². The third-order valence-electron chi connectivity index (χ3n) is 4.19. The van der Waals surface area contributed by atoms with Gasteiger partial charge in [0.15, 0.2) is 0 Å². The summed E-state index contributed by atoms with van der Waals surface area (Å²) in [5, 5.41) is 6.32. The molecule has 2 atom stereocenters. The molecule has 0 spiro atoms. The zero-order chi connectivity index (χ0) is 14.3. The summed E-state index contributed by atoms with van der Waals surface area (Å²) in [7, 11) is 4.07. The van der Waals surface area contributed by atoms with Crippen molar-refractivity contribution in [3.63, 3.8) is 0 Å². The third-order valence-corrected chi connectivity index (χ3v) is 4.99. The number of fused-ring (bicyclic) bond motifs is 1. The summed E-state index contributed by atoms with van der Waals surface area (Å²) in [6.07, 6.45) is 0. The summed E-state index contributed by atoms with van der Waals surface area (Å²) in [5.41, 5.74) is 0. The molecular formula is C14H21N5S. The Labute approximate surface area is 123 Å². The van der Waals surface area contributed by atoms with Crippen molar-refractivity contribution in [1.29, 1.82) is 0 Å². The fraction of sp³-hybridized carbons (Fsp3) is 0.571. The Morgan fingerprint density at radius 1 is 1.25 bits per heavy atom. The zero-order valence-corrected chi connectivity index (χ0v) is 13.2. The number of thiophene rings is 1. The maximum absolute atomic E-state index is 4.70. The number of nitrogens with zero attached hydrogens (tertiary/aromatic N) is 4. The van der Waals surface area contributed by atoms with E-state index in [-0.39, 0.29) is 0 Å². The summed E-state index contributed by atoms with van der Waals surface area (Å²) in [5.74, 6) is 1.77. The minimum atomic E-state index is 0.528. The van der Waals surface area contributed by atoms with Crippen LogP contribution < -0.4 is 10.2 Å². The summed E-state index contributed by atoms with van der Waals surface area (Å²) < 4.78 is 0. The second-order valence-corrected chi connectivity index (χ2v) is 6.42. The van der Waals surface area contributed by atoms with Gasteiger partial charge in [0.2, 0.25) is 5.95 Å². The molecule has 6 heteroatoms. The molecule has 5 nitrogen and oxygen atoms in total. The van der Waals surface area contributed by atoms with Gasteiger partial charge in [0, 0.05) is 32.2 Å². The molecule has 108 valence electrons. The van der Waals surface area contributed by atoms with Gasteiger partial charge in [-0.05, 0) is 32.3 Å². The fourth-order valence-corrected chi connectivity index (χ4v) is 3.53. The maximum Gasteiger partial charge on any atom is 0.225 e. The molecular weight excluding hydrogens is 270 g/mol. The fourth-order valence-electron chi connectivity index (χ4n) is 2.77. The van der Waals surface area contributed by atoms with Gasteiger partial charge < -0.3 is 10.2 Å². The Morgan fingerprint density at radius 3 is 2.60 bits per heavy atom. The van der Waals surface area contributed by atoms with E-state index < -0.39 is 0 Å². The van der Waals surface area contributed by atoms with E-state index in [0.29, 0.717) is 18.0 Å². The first kappa shape index (κ1) is 13.6. The van der Waals surface area contributed by atoms with Gasteiger partial charge in [-0.3, -0.25) is 4.90 Å². The lowest BCUT2D eigenvalue weighted by Gasteiger charge is -2.43. The molecule has 1 aliphatic heterocycles. The third kappa shape index (κ3) is 2.23. The molecule has 3 rings (SSSR count). The van der Waals surface area contributed by atoms with Crippen LogP contribution in [0.25, 0.3) is 10.2 Å². The Hall–Kier alpha value is -1.40. The van der Waals surface area contributed by atoms with Gasteiger partial charge in [-0.15, -0.1) is 11.3 Å². The molecule has 0 saturated carbocycles. The second-order valence-electron chi connectivity index (χ2n) is 5.53. The lowest BCUT2D eigenvalue weighted by molar-refractivity contribution is 0.170. The van der Waals surface area contributed by atoms with E-state index >= 15 is 0 Å². The number of piperazine rings is 1. The molecule has 1 fully saturated rings. The van der Waals surface area contributed by atoms with Crippen LogP contribution in [0, 0.1) is 0 Å². The summed E-state index contributed by atoms with van der Waals surface area (Å²) >= 11 is 1.67. The SMILES string of the molecule is CNc1nc(N2CC(C)N(C)C(C)C2)c2ccsc2n1. The molecule has 2 unspecified atom stereocenters. The molecule has 0 amide bonds. The average molecular weight is 291 g/mol.